The van der Waals surface area contributed by atoms with E-state index in [-0.39, 0.29) is 0 Å². The molecule has 0 radical (unpaired) electrons. The van der Waals surface area contributed by atoms with Gasteiger partial charge in [-0.2, -0.15) is 9.98 Å². The molecular weight excluding hydrogens is 192 g/mol. The van der Waals surface area contributed by atoms with Crippen LogP contribution in [0.15, 0.2) is 34.3 Å². The Balaban J connectivity index is 2.44. The highest BCUT2D eigenvalue weighted by atomic mass is 16.1. The highest BCUT2D eigenvalue weighted by Crippen LogP contribution is 2.33. The summed E-state index contributed by atoms with van der Waals surface area (Å²) in [6.07, 6.45) is 3.88. The molecule has 0 aromatic heterocycles. The van der Waals surface area contributed by atoms with Crippen LogP contribution in [0.3, 0.4) is 0 Å². The van der Waals surface area contributed by atoms with Crippen molar-refractivity contribution >= 4 is 12.2 Å². The first-order valence-corrected chi connectivity index (χ1v) is 4.54. The molecule has 0 saturated heterocycles. The summed E-state index contributed by atoms with van der Waals surface area (Å²) >= 11 is 0. The van der Waals surface area contributed by atoms with Gasteiger partial charge in [0, 0.05) is 12.8 Å². The molecule has 15 heavy (non-hydrogen) atoms. The lowest BCUT2D eigenvalue weighted by Crippen LogP contribution is -2.23. The summed E-state index contributed by atoms with van der Waals surface area (Å²) in [5, 5.41) is 0. The van der Waals surface area contributed by atoms with Crippen LogP contribution in [-0.4, -0.2) is 17.8 Å². The van der Waals surface area contributed by atoms with Gasteiger partial charge in [0.15, 0.2) is 5.66 Å². The van der Waals surface area contributed by atoms with Gasteiger partial charge in [-0.15, -0.1) is 0 Å². The number of rotatable bonds is 2. The number of hydrogen-bond donors (Lipinski definition) is 0. The van der Waals surface area contributed by atoms with Crippen LogP contribution in [0, 0.1) is 0 Å². The van der Waals surface area contributed by atoms with E-state index in [1.165, 1.54) is 12.2 Å². The zero-order valence-corrected chi connectivity index (χ0v) is 7.93. The first-order chi connectivity index (χ1) is 7.29. The monoisotopic (exact) mass is 200 g/mol. The maximum Gasteiger partial charge on any atom is 0.237 e. The summed E-state index contributed by atoms with van der Waals surface area (Å²) in [4.78, 5) is 27.9. The Labute approximate surface area is 86.4 Å². The SMILES string of the molecule is O=C=NC1(N=C=O)Cc2ccccc2C1. The van der Waals surface area contributed by atoms with Gasteiger partial charge in [-0.25, -0.2) is 9.59 Å². The van der Waals surface area contributed by atoms with Gasteiger partial charge in [-0.1, -0.05) is 24.3 Å². The Bertz CT molecular complexity index is 438. The summed E-state index contributed by atoms with van der Waals surface area (Å²) in [5.41, 5.74) is 1.14. The molecule has 0 aliphatic heterocycles. The molecule has 4 heteroatoms. The highest BCUT2D eigenvalue weighted by Gasteiger charge is 2.37. The number of fused-ring (bicyclic) bond motifs is 1. The topological polar surface area (TPSA) is 58.9 Å². The average molecular weight is 200 g/mol. The van der Waals surface area contributed by atoms with Crippen LogP contribution in [0.1, 0.15) is 11.1 Å². The van der Waals surface area contributed by atoms with Crippen LogP contribution in [0.5, 0.6) is 0 Å². The first-order valence-electron chi connectivity index (χ1n) is 4.54. The molecule has 1 aliphatic carbocycles. The molecule has 0 heterocycles. The third-order valence-corrected chi connectivity index (χ3v) is 2.57. The molecule has 4 nitrogen and oxygen atoms in total. The van der Waals surface area contributed by atoms with E-state index in [9.17, 15) is 9.59 Å². The maximum absolute atomic E-state index is 10.3. The third-order valence-electron chi connectivity index (χ3n) is 2.57. The molecule has 1 aliphatic rings. The Hall–Kier alpha value is -2.02. The molecule has 0 unspecified atom stereocenters. The minimum atomic E-state index is -0.993. The van der Waals surface area contributed by atoms with Crippen LogP contribution in [0.2, 0.25) is 0 Å². The fourth-order valence-corrected chi connectivity index (χ4v) is 1.93. The van der Waals surface area contributed by atoms with Crippen molar-refractivity contribution in [3.63, 3.8) is 0 Å². The Morgan fingerprint density at radius 3 is 1.87 bits per heavy atom. The van der Waals surface area contributed by atoms with Crippen LogP contribution < -0.4 is 0 Å². The molecule has 0 bridgehead atoms. The normalized spacial score (nSPS) is 16.0. The molecule has 0 spiro atoms. The van der Waals surface area contributed by atoms with Crippen molar-refractivity contribution in [2.24, 2.45) is 9.98 Å². The number of aliphatic imine (C=N–C) groups is 2. The van der Waals surface area contributed by atoms with Crippen molar-refractivity contribution in [2.75, 3.05) is 0 Å². The van der Waals surface area contributed by atoms with E-state index in [1.54, 1.807) is 0 Å². The lowest BCUT2D eigenvalue weighted by atomic mass is 10.1. The van der Waals surface area contributed by atoms with Crippen LogP contribution >= 0.6 is 0 Å². The zero-order valence-electron chi connectivity index (χ0n) is 7.93. The van der Waals surface area contributed by atoms with Crippen molar-refractivity contribution in [3.8, 4) is 0 Å². The number of nitrogens with zero attached hydrogens (tertiary/aromatic N) is 2. The van der Waals surface area contributed by atoms with Crippen molar-refractivity contribution in [2.45, 2.75) is 18.5 Å². The van der Waals surface area contributed by atoms with Crippen molar-refractivity contribution in [1.29, 1.82) is 0 Å². The van der Waals surface area contributed by atoms with Crippen molar-refractivity contribution < 1.29 is 9.59 Å². The Morgan fingerprint density at radius 1 is 1.00 bits per heavy atom. The van der Waals surface area contributed by atoms with E-state index in [1.807, 2.05) is 24.3 Å². The Morgan fingerprint density at radius 2 is 1.47 bits per heavy atom. The predicted octanol–water partition coefficient (Wildman–Crippen LogP) is 1.15. The van der Waals surface area contributed by atoms with E-state index in [4.69, 9.17) is 0 Å². The first kappa shape index (κ1) is 9.53. The molecule has 0 N–H and O–H groups in total. The average Bonchev–Trinajstić information content (AvgIpc) is 2.56. The number of hydrogen-bond acceptors (Lipinski definition) is 4. The van der Waals surface area contributed by atoms with Gasteiger partial charge in [0.05, 0.1) is 0 Å². The second kappa shape index (κ2) is 3.62. The smallest absolute Gasteiger partial charge is 0.211 e. The number of carbonyl (C=O) groups excluding carboxylic acids is 2. The van der Waals surface area contributed by atoms with E-state index in [0.29, 0.717) is 12.8 Å². The third kappa shape index (κ3) is 1.64. The van der Waals surface area contributed by atoms with Crippen molar-refractivity contribution in [3.05, 3.63) is 35.4 Å². The summed E-state index contributed by atoms with van der Waals surface area (Å²) in [7, 11) is 0. The van der Waals surface area contributed by atoms with Crippen LogP contribution in [0.4, 0.5) is 0 Å². The molecule has 0 atom stereocenters. The van der Waals surface area contributed by atoms with E-state index in [0.717, 1.165) is 11.1 Å². The fourth-order valence-electron chi connectivity index (χ4n) is 1.93. The molecule has 1 aromatic carbocycles. The van der Waals surface area contributed by atoms with Crippen LogP contribution in [0.25, 0.3) is 0 Å². The molecule has 0 saturated carbocycles. The standard InChI is InChI=1S/C11H8N2O2/c14-7-12-11(13-8-15)5-9-3-1-2-4-10(9)6-11/h1-4H,5-6H2. The molecule has 1 aromatic rings. The van der Waals surface area contributed by atoms with E-state index in [2.05, 4.69) is 9.98 Å². The lowest BCUT2D eigenvalue weighted by molar-refractivity contribution is 0.458. The number of isocyanates is 2. The molecule has 74 valence electrons. The molecule has 0 amide bonds. The van der Waals surface area contributed by atoms with Crippen molar-refractivity contribution in [1.82, 2.24) is 0 Å². The summed E-state index contributed by atoms with van der Waals surface area (Å²) < 4.78 is 0. The van der Waals surface area contributed by atoms with Gasteiger partial charge in [-0.05, 0) is 11.1 Å². The second-order valence-corrected chi connectivity index (χ2v) is 3.51. The molecular formula is C11H8N2O2. The van der Waals surface area contributed by atoms with Gasteiger partial charge in [-0.3, -0.25) is 0 Å². The largest absolute Gasteiger partial charge is 0.237 e. The lowest BCUT2D eigenvalue weighted by Gasteiger charge is -2.12. The van der Waals surface area contributed by atoms with E-state index < -0.39 is 5.66 Å². The van der Waals surface area contributed by atoms with Gasteiger partial charge in [0.1, 0.15) is 0 Å². The Kier molecular flexibility index (Phi) is 2.30. The van der Waals surface area contributed by atoms with Gasteiger partial charge < -0.3 is 0 Å². The number of benzene rings is 1. The zero-order chi connectivity index (χ0) is 10.7. The minimum absolute atomic E-state index is 0.466. The summed E-state index contributed by atoms with van der Waals surface area (Å²) in [6, 6.07) is 7.70. The summed E-state index contributed by atoms with van der Waals surface area (Å²) in [5.74, 6) is 0. The quantitative estimate of drug-likeness (QED) is 0.531. The molecule has 0 fully saturated rings. The van der Waals surface area contributed by atoms with Crippen LogP contribution in [-0.2, 0) is 22.4 Å². The maximum atomic E-state index is 10.3. The van der Waals surface area contributed by atoms with Gasteiger partial charge >= 0.3 is 0 Å². The van der Waals surface area contributed by atoms with E-state index >= 15 is 0 Å². The van der Waals surface area contributed by atoms with Gasteiger partial charge in [0.25, 0.3) is 0 Å². The predicted molar refractivity (Wildman–Crippen MR) is 52.8 cm³/mol. The molecule has 2 rings (SSSR count). The summed E-state index contributed by atoms with van der Waals surface area (Å²) in [6.45, 7) is 0. The second-order valence-electron chi connectivity index (χ2n) is 3.51. The highest BCUT2D eigenvalue weighted by molar-refractivity contribution is 5.45. The minimum Gasteiger partial charge on any atom is -0.211 e. The fraction of sp³-hybridized carbons (Fsp3) is 0.273. The van der Waals surface area contributed by atoms with Gasteiger partial charge in [0.2, 0.25) is 12.2 Å².